The van der Waals surface area contributed by atoms with Crippen molar-refractivity contribution in [1.29, 1.82) is 0 Å². The molecule has 0 N–H and O–H groups in total. The van der Waals surface area contributed by atoms with Crippen LogP contribution in [0.5, 0.6) is 0 Å². The second kappa shape index (κ2) is 12.3. The molecule has 0 amide bonds. The van der Waals surface area contributed by atoms with Crippen LogP contribution in [0, 0.1) is 5.92 Å². The van der Waals surface area contributed by atoms with Crippen molar-refractivity contribution in [3.8, 4) is 39.1 Å². The van der Waals surface area contributed by atoms with E-state index in [0.29, 0.717) is 12.0 Å². The van der Waals surface area contributed by atoms with E-state index in [1.807, 2.05) is 0 Å². The summed E-state index contributed by atoms with van der Waals surface area (Å²) < 4.78 is 2.45. The molecule has 2 heteroatoms. The average molecular weight is 725 g/mol. The van der Waals surface area contributed by atoms with Crippen molar-refractivity contribution in [2.45, 2.75) is 70.3 Å². The highest BCUT2D eigenvalue weighted by Crippen LogP contribution is 2.54. The second-order valence-electron chi connectivity index (χ2n) is 17.7. The number of fused-ring (bicyclic) bond motifs is 8. The third-order valence-electron chi connectivity index (χ3n) is 14.0. The number of hydrogen-bond acceptors (Lipinski definition) is 1. The largest absolute Gasteiger partial charge is 0.338 e. The van der Waals surface area contributed by atoms with Crippen molar-refractivity contribution in [2.24, 2.45) is 5.92 Å². The molecule has 0 spiro atoms. The van der Waals surface area contributed by atoms with Crippen LogP contribution in [0.2, 0.25) is 0 Å². The standard InChI is InChI=1S/C54H48N2/c1-53(2)45-15-7-5-13-41(45)43-34-52-44(33-48(43)53)42-14-6-10-18-49(42)55(52)39-29-25-37(26-30-39)35-21-23-36(24-22-35)38-27-31-40(32-28-38)56-50-19-11-8-16-46(50)54(3,4)47-17-9-12-20-51(47)56/h5-8,10-11,13-16,18-19,21-34,47,51H,9,12,17,20H2,1-4H3. The van der Waals surface area contributed by atoms with Crippen LogP contribution in [0.25, 0.3) is 60.9 Å². The zero-order chi connectivity index (χ0) is 37.8. The van der Waals surface area contributed by atoms with E-state index < -0.39 is 0 Å². The number of rotatable bonds is 4. The molecule has 1 saturated carbocycles. The molecule has 0 saturated heterocycles. The van der Waals surface area contributed by atoms with E-state index in [-0.39, 0.29) is 10.8 Å². The molecule has 8 aromatic rings. The summed E-state index contributed by atoms with van der Waals surface area (Å²) in [5.74, 6) is 0.667. The molecule has 11 rings (SSSR count). The van der Waals surface area contributed by atoms with Crippen molar-refractivity contribution in [2.75, 3.05) is 4.90 Å². The van der Waals surface area contributed by atoms with Gasteiger partial charge in [-0.25, -0.2) is 0 Å². The van der Waals surface area contributed by atoms with Crippen molar-refractivity contribution < 1.29 is 0 Å². The lowest BCUT2D eigenvalue weighted by Crippen LogP contribution is -2.52. The Kier molecular flexibility index (Phi) is 7.37. The molecule has 56 heavy (non-hydrogen) atoms. The van der Waals surface area contributed by atoms with Gasteiger partial charge in [0.2, 0.25) is 0 Å². The van der Waals surface area contributed by atoms with E-state index in [9.17, 15) is 0 Å². The predicted molar refractivity (Wildman–Crippen MR) is 237 cm³/mol. The molecule has 2 aliphatic carbocycles. The highest BCUT2D eigenvalue weighted by Gasteiger charge is 2.47. The van der Waals surface area contributed by atoms with Crippen LogP contribution in [0.15, 0.2) is 158 Å². The zero-order valence-corrected chi connectivity index (χ0v) is 32.9. The average Bonchev–Trinajstić information content (AvgIpc) is 3.68. The maximum absolute atomic E-state index is 2.67. The fourth-order valence-electron chi connectivity index (χ4n) is 11.1. The summed E-state index contributed by atoms with van der Waals surface area (Å²) in [6, 6.07) is 60.0. The predicted octanol–water partition coefficient (Wildman–Crippen LogP) is 14.4. The molecule has 2 nitrogen and oxygen atoms in total. The van der Waals surface area contributed by atoms with Gasteiger partial charge in [0.1, 0.15) is 0 Å². The summed E-state index contributed by atoms with van der Waals surface area (Å²) >= 11 is 0. The van der Waals surface area contributed by atoms with Gasteiger partial charge in [0, 0.05) is 39.3 Å². The Balaban J connectivity index is 0.897. The van der Waals surface area contributed by atoms with Gasteiger partial charge in [0.25, 0.3) is 0 Å². The molecule has 1 aromatic heterocycles. The Hall–Kier alpha value is -5.86. The summed E-state index contributed by atoms with van der Waals surface area (Å²) in [4.78, 5) is 2.67. The third-order valence-corrected chi connectivity index (χ3v) is 14.0. The molecule has 274 valence electrons. The number of hydrogen-bond donors (Lipinski definition) is 0. The van der Waals surface area contributed by atoms with Gasteiger partial charge in [0.15, 0.2) is 0 Å². The Morgan fingerprint density at radius 3 is 1.75 bits per heavy atom. The fraction of sp³-hybridized carbons (Fsp3) is 0.222. The molecular weight excluding hydrogens is 677 g/mol. The van der Waals surface area contributed by atoms with Crippen molar-refractivity contribution in [1.82, 2.24) is 4.57 Å². The first-order valence-electron chi connectivity index (χ1n) is 20.7. The maximum Gasteiger partial charge on any atom is 0.0547 e. The zero-order valence-electron chi connectivity index (χ0n) is 32.9. The molecule has 2 atom stereocenters. The van der Waals surface area contributed by atoms with Crippen LogP contribution < -0.4 is 4.90 Å². The van der Waals surface area contributed by atoms with E-state index in [1.54, 1.807) is 0 Å². The lowest BCUT2D eigenvalue weighted by Gasteiger charge is -2.53. The summed E-state index contributed by atoms with van der Waals surface area (Å²) in [5, 5.41) is 2.61. The number of aromatic nitrogens is 1. The van der Waals surface area contributed by atoms with Gasteiger partial charge in [-0.2, -0.15) is 0 Å². The van der Waals surface area contributed by atoms with Crippen molar-refractivity contribution in [3.63, 3.8) is 0 Å². The summed E-state index contributed by atoms with van der Waals surface area (Å²) in [6.07, 6.45) is 5.24. The molecule has 0 bridgehead atoms. The Labute approximate surface area is 331 Å². The van der Waals surface area contributed by atoms with Crippen LogP contribution in [0.4, 0.5) is 11.4 Å². The van der Waals surface area contributed by atoms with Crippen LogP contribution in [-0.2, 0) is 10.8 Å². The quantitative estimate of drug-likeness (QED) is 0.175. The lowest BCUT2D eigenvalue weighted by molar-refractivity contribution is 0.190. The molecule has 2 unspecified atom stereocenters. The van der Waals surface area contributed by atoms with Gasteiger partial charge < -0.3 is 9.47 Å². The summed E-state index contributed by atoms with van der Waals surface area (Å²) in [5.41, 5.74) is 18.5. The van der Waals surface area contributed by atoms with Crippen molar-refractivity contribution in [3.05, 3.63) is 174 Å². The van der Waals surface area contributed by atoms with Crippen molar-refractivity contribution >= 4 is 33.2 Å². The second-order valence-corrected chi connectivity index (χ2v) is 17.7. The minimum atomic E-state index is -0.0274. The van der Waals surface area contributed by atoms with Crippen LogP contribution in [0.1, 0.15) is 70.1 Å². The highest BCUT2D eigenvalue weighted by atomic mass is 15.2. The number of benzene rings is 7. The first kappa shape index (κ1) is 33.5. The maximum atomic E-state index is 2.67. The fourth-order valence-corrected chi connectivity index (χ4v) is 11.1. The molecule has 7 aromatic carbocycles. The minimum Gasteiger partial charge on any atom is -0.338 e. The SMILES string of the molecule is CC1(C)c2ccccc2-c2cc3c(cc21)c1ccccc1n3-c1ccc(-c2ccc(-c3ccc(N4c5ccccc5C(C)(C)C5CCCCC54)cc3)cc2)cc1. The minimum absolute atomic E-state index is 0.0274. The highest BCUT2D eigenvalue weighted by molar-refractivity contribution is 6.11. The number of para-hydroxylation sites is 2. The topological polar surface area (TPSA) is 8.17 Å². The van der Waals surface area contributed by atoms with Gasteiger partial charge in [-0.15, -0.1) is 0 Å². The third kappa shape index (κ3) is 4.87. The van der Waals surface area contributed by atoms with Gasteiger partial charge in [-0.05, 0) is 123 Å². The smallest absolute Gasteiger partial charge is 0.0547 e. The normalized spacial score (nSPS) is 19.0. The van der Waals surface area contributed by atoms with Gasteiger partial charge >= 0.3 is 0 Å². The summed E-state index contributed by atoms with van der Waals surface area (Å²) in [6.45, 7) is 9.68. The summed E-state index contributed by atoms with van der Waals surface area (Å²) in [7, 11) is 0. The Morgan fingerprint density at radius 2 is 1.04 bits per heavy atom. The van der Waals surface area contributed by atoms with E-state index in [1.165, 1.54) is 115 Å². The molecule has 0 radical (unpaired) electrons. The first-order valence-corrected chi connectivity index (χ1v) is 20.7. The van der Waals surface area contributed by atoms with Crippen LogP contribution >= 0.6 is 0 Å². The number of anilines is 2. The number of nitrogens with zero attached hydrogens (tertiary/aromatic N) is 2. The lowest BCUT2D eigenvalue weighted by atomic mass is 9.62. The molecule has 3 aliphatic rings. The van der Waals surface area contributed by atoms with E-state index >= 15 is 0 Å². The van der Waals surface area contributed by atoms with E-state index in [0.717, 1.165) is 0 Å². The van der Waals surface area contributed by atoms with E-state index in [4.69, 9.17) is 0 Å². The Bertz CT molecular complexity index is 2800. The van der Waals surface area contributed by atoms with Gasteiger partial charge in [0.05, 0.1) is 11.0 Å². The van der Waals surface area contributed by atoms with Crippen LogP contribution in [0.3, 0.4) is 0 Å². The molecular formula is C54H48N2. The monoisotopic (exact) mass is 724 g/mol. The van der Waals surface area contributed by atoms with E-state index in [2.05, 4.69) is 195 Å². The molecule has 2 heterocycles. The Morgan fingerprint density at radius 1 is 0.464 bits per heavy atom. The van der Waals surface area contributed by atoms with Crippen LogP contribution in [-0.4, -0.2) is 10.6 Å². The molecule has 1 aliphatic heterocycles. The molecule has 1 fully saturated rings. The van der Waals surface area contributed by atoms with Gasteiger partial charge in [-0.3, -0.25) is 0 Å². The first-order chi connectivity index (χ1) is 27.3. The van der Waals surface area contributed by atoms with Gasteiger partial charge in [-0.1, -0.05) is 150 Å².